The van der Waals surface area contributed by atoms with Crippen molar-refractivity contribution in [2.75, 3.05) is 31.1 Å². The van der Waals surface area contributed by atoms with Crippen LogP contribution in [0, 0.1) is 10.8 Å². The highest BCUT2D eigenvalue weighted by molar-refractivity contribution is 5.87. The molecule has 1 amide bonds. The van der Waals surface area contributed by atoms with Crippen LogP contribution in [0.3, 0.4) is 0 Å². The maximum atomic E-state index is 12.9. The van der Waals surface area contributed by atoms with E-state index in [1.54, 1.807) is 6.20 Å². The third kappa shape index (κ3) is 2.66. The lowest BCUT2D eigenvalue weighted by Crippen LogP contribution is -2.48. The van der Waals surface area contributed by atoms with E-state index in [4.69, 9.17) is 0 Å². The van der Waals surface area contributed by atoms with Gasteiger partial charge in [0, 0.05) is 25.3 Å². The number of nitrogens with zero attached hydrogens (tertiary/aromatic N) is 3. The summed E-state index contributed by atoms with van der Waals surface area (Å²) in [6.07, 6.45) is 7.00. The molecule has 1 aromatic heterocycles. The zero-order valence-corrected chi connectivity index (χ0v) is 14.4. The van der Waals surface area contributed by atoms with Gasteiger partial charge in [-0.2, -0.15) is 5.10 Å². The minimum absolute atomic E-state index is 0.142. The molecule has 0 aromatic carbocycles. The van der Waals surface area contributed by atoms with Crippen LogP contribution < -0.4 is 15.5 Å². The van der Waals surface area contributed by atoms with Crippen molar-refractivity contribution >= 4 is 11.7 Å². The molecule has 2 aliphatic heterocycles. The topological polar surface area (TPSA) is 70.2 Å². The normalized spacial score (nSPS) is 29.5. The highest BCUT2D eigenvalue weighted by atomic mass is 16.2. The third-order valence-corrected chi connectivity index (χ3v) is 6.51. The van der Waals surface area contributed by atoms with Gasteiger partial charge in [-0.15, -0.1) is 5.10 Å². The van der Waals surface area contributed by atoms with Crippen molar-refractivity contribution < 1.29 is 4.79 Å². The summed E-state index contributed by atoms with van der Waals surface area (Å²) in [6.45, 7) is 6.13. The number of hydrogen-bond donors (Lipinski definition) is 2. The maximum Gasteiger partial charge on any atom is 0.226 e. The Bertz CT molecular complexity index is 593. The number of piperidine rings is 2. The van der Waals surface area contributed by atoms with E-state index in [1.165, 1.54) is 0 Å². The Morgan fingerprint density at radius 2 is 2.08 bits per heavy atom. The highest BCUT2D eigenvalue weighted by Crippen LogP contribution is 2.68. The fourth-order valence-corrected chi connectivity index (χ4v) is 4.65. The monoisotopic (exact) mass is 329 g/mol. The first-order chi connectivity index (χ1) is 11.6. The van der Waals surface area contributed by atoms with Crippen molar-refractivity contribution in [2.24, 2.45) is 10.8 Å². The first-order valence-corrected chi connectivity index (χ1v) is 9.17. The molecule has 3 heterocycles. The van der Waals surface area contributed by atoms with Crippen LogP contribution in [0.1, 0.15) is 39.0 Å². The van der Waals surface area contributed by atoms with Crippen LogP contribution in [0.2, 0.25) is 0 Å². The second-order valence-electron chi connectivity index (χ2n) is 7.86. The van der Waals surface area contributed by atoms with Crippen LogP contribution in [-0.4, -0.2) is 48.3 Å². The number of aromatic nitrogens is 2. The Kier molecular flexibility index (Phi) is 3.95. The zero-order valence-electron chi connectivity index (χ0n) is 14.4. The van der Waals surface area contributed by atoms with E-state index in [0.717, 1.165) is 64.1 Å². The maximum absolute atomic E-state index is 12.9. The molecule has 1 aliphatic carbocycles. The Morgan fingerprint density at radius 3 is 2.75 bits per heavy atom. The number of hydrogen-bond acceptors (Lipinski definition) is 5. The lowest BCUT2D eigenvalue weighted by Gasteiger charge is -2.34. The number of anilines is 1. The predicted molar refractivity (Wildman–Crippen MR) is 92.7 cm³/mol. The largest absolute Gasteiger partial charge is 0.355 e. The van der Waals surface area contributed by atoms with Crippen LogP contribution in [0.15, 0.2) is 18.3 Å². The minimum Gasteiger partial charge on any atom is -0.355 e. The second kappa shape index (κ2) is 5.99. The van der Waals surface area contributed by atoms with E-state index in [1.807, 2.05) is 12.1 Å². The van der Waals surface area contributed by atoms with Gasteiger partial charge in [-0.05, 0) is 62.7 Å². The first-order valence-electron chi connectivity index (χ1n) is 9.17. The average Bonchev–Trinajstić information content (AvgIpc) is 3.21. The molecule has 1 atom stereocenters. The second-order valence-corrected chi connectivity index (χ2v) is 7.86. The van der Waals surface area contributed by atoms with Crippen molar-refractivity contribution in [2.45, 2.75) is 45.1 Å². The van der Waals surface area contributed by atoms with Gasteiger partial charge in [0.15, 0.2) is 5.82 Å². The third-order valence-electron chi connectivity index (χ3n) is 6.51. The van der Waals surface area contributed by atoms with Gasteiger partial charge >= 0.3 is 0 Å². The molecule has 3 aliphatic rings. The quantitative estimate of drug-likeness (QED) is 0.876. The molecule has 2 N–H and O–H groups in total. The molecule has 24 heavy (non-hydrogen) atoms. The van der Waals surface area contributed by atoms with Crippen molar-refractivity contribution in [3.05, 3.63) is 18.3 Å². The molecule has 2 saturated heterocycles. The Labute approximate surface area is 143 Å². The molecule has 0 radical (unpaired) electrons. The summed E-state index contributed by atoms with van der Waals surface area (Å²) < 4.78 is 0. The van der Waals surface area contributed by atoms with E-state index in [0.29, 0.717) is 6.04 Å². The summed E-state index contributed by atoms with van der Waals surface area (Å²) in [5, 5.41) is 14.9. The van der Waals surface area contributed by atoms with Crippen LogP contribution in [0.25, 0.3) is 0 Å². The van der Waals surface area contributed by atoms with E-state index >= 15 is 0 Å². The standard InChI is InChI=1S/C18H27N5O/c1-17(13-18(17)6-9-19-10-7-18)16(24)21-14-4-11-23(12-5-14)15-3-2-8-20-22-15/h2-3,8,14,19H,4-7,9-13H2,1H3,(H,21,24). The van der Waals surface area contributed by atoms with Gasteiger partial charge in [-0.25, -0.2) is 0 Å². The number of rotatable bonds is 3. The fourth-order valence-electron chi connectivity index (χ4n) is 4.65. The smallest absolute Gasteiger partial charge is 0.226 e. The van der Waals surface area contributed by atoms with Gasteiger partial charge < -0.3 is 15.5 Å². The summed E-state index contributed by atoms with van der Waals surface area (Å²) in [5.74, 6) is 1.22. The molecule has 4 rings (SSSR count). The van der Waals surface area contributed by atoms with Crippen LogP contribution >= 0.6 is 0 Å². The Hall–Kier alpha value is -1.69. The summed E-state index contributed by atoms with van der Waals surface area (Å²) in [7, 11) is 0. The Balaban J connectivity index is 1.30. The molecule has 6 heteroatoms. The van der Waals surface area contributed by atoms with Crippen LogP contribution in [0.4, 0.5) is 5.82 Å². The molecular weight excluding hydrogens is 302 g/mol. The fraction of sp³-hybridized carbons (Fsp3) is 0.722. The summed E-state index contributed by atoms with van der Waals surface area (Å²) in [5.41, 5.74) is 0.125. The van der Waals surface area contributed by atoms with E-state index in [9.17, 15) is 4.79 Å². The van der Waals surface area contributed by atoms with E-state index in [-0.39, 0.29) is 16.7 Å². The number of amides is 1. The van der Waals surface area contributed by atoms with Crippen LogP contribution in [-0.2, 0) is 4.79 Å². The summed E-state index contributed by atoms with van der Waals surface area (Å²) >= 11 is 0. The predicted octanol–water partition coefficient (Wildman–Crippen LogP) is 1.34. The van der Waals surface area contributed by atoms with E-state index in [2.05, 4.69) is 32.7 Å². The molecule has 1 spiro atoms. The van der Waals surface area contributed by atoms with Gasteiger partial charge in [-0.1, -0.05) is 6.92 Å². The molecular formula is C18H27N5O. The SMILES string of the molecule is CC1(C(=O)NC2CCN(c3cccnn3)CC2)CC12CCNCC2. The van der Waals surface area contributed by atoms with Gasteiger partial charge in [0.2, 0.25) is 5.91 Å². The molecule has 1 aromatic rings. The lowest BCUT2D eigenvalue weighted by atomic mass is 9.85. The van der Waals surface area contributed by atoms with Crippen molar-refractivity contribution in [3.8, 4) is 0 Å². The summed E-state index contributed by atoms with van der Waals surface area (Å²) in [6, 6.07) is 4.21. The van der Waals surface area contributed by atoms with Crippen molar-refractivity contribution in [3.63, 3.8) is 0 Å². The van der Waals surface area contributed by atoms with Gasteiger partial charge in [0.05, 0.1) is 5.41 Å². The molecule has 1 unspecified atom stereocenters. The van der Waals surface area contributed by atoms with Crippen molar-refractivity contribution in [1.29, 1.82) is 0 Å². The number of carbonyl (C=O) groups excluding carboxylic acids is 1. The van der Waals surface area contributed by atoms with Gasteiger partial charge in [0.1, 0.15) is 0 Å². The van der Waals surface area contributed by atoms with Crippen LogP contribution in [0.5, 0.6) is 0 Å². The lowest BCUT2D eigenvalue weighted by molar-refractivity contribution is -0.128. The minimum atomic E-state index is -0.142. The molecule has 6 nitrogen and oxygen atoms in total. The first kappa shape index (κ1) is 15.8. The highest BCUT2D eigenvalue weighted by Gasteiger charge is 2.67. The average molecular weight is 329 g/mol. The van der Waals surface area contributed by atoms with E-state index < -0.39 is 0 Å². The van der Waals surface area contributed by atoms with Crippen molar-refractivity contribution in [1.82, 2.24) is 20.8 Å². The van der Waals surface area contributed by atoms with Gasteiger partial charge in [-0.3, -0.25) is 4.79 Å². The summed E-state index contributed by atoms with van der Waals surface area (Å²) in [4.78, 5) is 15.1. The Morgan fingerprint density at radius 1 is 1.33 bits per heavy atom. The molecule has 0 bridgehead atoms. The number of carbonyl (C=O) groups is 1. The number of nitrogens with one attached hydrogen (secondary N) is 2. The molecule has 3 fully saturated rings. The zero-order chi connectivity index (χ0) is 16.6. The molecule has 1 saturated carbocycles. The van der Waals surface area contributed by atoms with Gasteiger partial charge in [0.25, 0.3) is 0 Å². The molecule has 130 valence electrons.